The number of fused-ring (bicyclic) bond motifs is 1. The minimum absolute atomic E-state index is 0.118. The molecule has 2 aliphatic carbocycles. The molecule has 6 atom stereocenters. The lowest BCUT2D eigenvalue weighted by Crippen LogP contribution is -2.64. The molecule has 45 heavy (non-hydrogen) atoms. The predicted molar refractivity (Wildman–Crippen MR) is 171 cm³/mol. The fourth-order valence-corrected chi connectivity index (χ4v) is 9.25. The van der Waals surface area contributed by atoms with Gasteiger partial charge in [0, 0.05) is 46.3 Å². The summed E-state index contributed by atoms with van der Waals surface area (Å²) in [5, 5.41) is 22.7. The van der Waals surface area contributed by atoms with E-state index in [0.29, 0.717) is 24.5 Å². The van der Waals surface area contributed by atoms with E-state index in [2.05, 4.69) is 47.7 Å². The number of likely N-dealkylation sites (tertiary alicyclic amines) is 1. The van der Waals surface area contributed by atoms with Crippen molar-refractivity contribution in [3.8, 4) is 11.5 Å². The molecular formula is C37H42N2O6. The molecule has 2 aromatic heterocycles. The van der Waals surface area contributed by atoms with Gasteiger partial charge in [-0.1, -0.05) is 25.2 Å². The number of esters is 1. The SMILES string of the molecule is Cc1c(C(=O)OC(C)C)cc2cc(C3=CCOCC3)cn2c1C(C)c1cc(O)c2c3c1C[C@@H]1[C@@H]4C=C[C@H](O)[C@H](O2)[C@]34CCN1C. The van der Waals surface area contributed by atoms with Crippen molar-refractivity contribution in [1.82, 2.24) is 9.30 Å². The molecule has 1 aromatic carbocycles. The number of aliphatic hydroxyl groups is 1. The molecule has 8 nitrogen and oxygen atoms in total. The van der Waals surface area contributed by atoms with Gasteiger partial charge < -0.3 is 33.7 Å². The van der Waals surface area contributed by atoms with Crippen molar-refractivity contribution in [3.05, 3.63) is 81.7 Å². The zero-order valence-corrected chi connectivity index (χ0v) is 26.7. The average Bonchev–Trinajstić information content (AvgIpc) is 3.60. The molecule has 8 rings (SSSR count). The van der Waals surface area contributed by atoms with Crippen LogP contribution < -0.4 is 4.74 Å². The second kappa shape index (κ2) is 10.2. The van der Waals surface area contributed by atoms with Gasteiger partial charge in [0.25, 0.3) is 0 Å². The zero-order chi connectivity index (χ0) is 31.4. The molecule has 5 heterocycles. The highest BCUT2D eigenvalue weighted by molar-refractivity contribution is 5.93. The summed E-state index contributed by atoms with van der Waals surface area (Å²) < 4.78 is 20.0. The number of hydrogen-bond acceptors (Lipinski definition) is 7. The Morgan fingerprint density at radius 2 is 2.00 bits per heavy atom. The van der Waals surface area contributed by atoms with E-state index in [1.165, 1.54) is 11.1 Å². The van der Waals surface area contributed by atoms with Gasteiger partial charge in [-0.25, -0.2) is 4.79 Å². The first-order valence-corrected chi connectivity index (χ1v) is 16.4. The van der Waals surface area contributed by atoms with Crippen LogP contribution in [0.1, 0.15) is 83.4 Å². The molecule has 5 aliphatic rings. The molecule has 236 valence electrons. The lowest BCUT2D eigenvalue weighted by molar-refractivity contribution is -0.0454. The summed E-state index contributed by atoms with van der Waals surface area (Å²) in [6.45, 7) is 10.1. The van der Waals surface area contributed by atoms with Gasteiger partial charge >= 0.3 is 5.97 Å². The topological polar surface area (TPSA) is 92.9 Å². The van der Waals surface area contributed by atoms with E-state index in [4.69, 9.17) is 14.2 Å². The molecule has 3 aliphatic heterocycles. The Kier molecular flexibility index (Phi) is 6.55. The van der Waals surface area contributed by atoms with Crippen molar-refractivity contribution in [2.75, 3.05) is 26.8 Å². The number of carbonyl (C=O) groups is 1. The summed E-state index contributed by atoms with van der Waals surface area (Å²) >= 11 is 0. The van der Waals surface area contributed by atoms with Crippen LogP contribution in [-0.2, 0) is 21.3 Å². The van der Waals surface area contributed by atoms with Crippen molar-refractivity contribution >= 4 is 17.1 Å². The third-order valence-electron chi connectivity index (χ3n) is 11.3. The number of piperidine rings is 1. The van der Waals surface area contributed by atoms with Crippen molar-refractivity contribution < 1.29 is 29.2 Å². The van der Waals surface area contributed by atoms with Crippen molar-refractivity contribution in [3.63, 3.8) is 0 Å². The van der Waals surface area contributed by atoms with Gasteiger partial charge in [-0.2, -0.15) is 0 Å². The third kappa shape index (κ3) is 4.04. The maximum absolute atomic E-state index is 13.5. The zero-order valence-electron chi connectivity index (χ0n) is 26.7. The summed E-state index contributed by atoms with van der Waals surface area (Å²) in [5.74, 6) is 0.351. The van der Waals surface area contributed by atoms with Crippen LogP contribution in [0.2, 0.25) is 0 Å². The number of aromatic nitrogens is 1. The van der Waals surface area contributed by atoms with E-state index in [1.807, 2.05) is 39.0 Å². The monoisotopic (exact) mass is 610 g/mol. The quantitative estimate of drug-likeness (QED) is 0.300. The first-order valence-electron chi connectivity index (χ1n) is 16.4. The summed E-state index contributed by atoms with van der Waals surface area (Å²) in [5.41, 5.74) is 8.65. The van der Waals surface area contributed by atoms with E-state index in [0.717, 1.165) is 59.3 Å². The molecule has 1 fully saturated rings. The van der Waals surface area contributed by atoms with Crippen LogP contribution in [0.5, 0.6) is 11.5 Å². The number of nitrogens with zero attached hydrogens (tertiary/aromatic N) is 2. The standard InChI is InChI=1S/C37H42N2O6/c1-19(2)44-36(42)26-15-24-14-23(22-8-12-43-13-9-22)18-39(24)33(21(26)4)20(3)25-17-31(41)34-32-27(25)16-29-28-6-7-30(40)35(45-34)37(28,32)10-11-38(29)5/h6-8,14-15,17-20,28-30,35,40-41H,9-13,16H2,1-5H3/t20?,28-,29+,30-,35-,37-/m0/s1. The van der Waals surface area contributed by atoms with Crippen molar-refractivity contribution in [2.24, 2.45) is 5.92 Å². The van der Waals surface area contributed by atoms with E-state index >= 15 is 0 Å². The Bertz CT molecular complexity index is 1800. The smallest absolute Gasteiger partial charge is 0.338 e. The van der Waals surface area contributed by atoms with E-state index in [1.54, 1.807) is 0 Å². The molecule has 0 radical (unpaired) electrons. The fraction of sp³-hybridized carbons (Fsp3) is 0.486. The minimum atomic E-state index is -0.729. The number of aliphatic hydroxyl groups excluding tert-OH is 1. The number of carbonyl (C=O) groups excluding carboxylic acids is 1. The maximum atomic E-state index is 13.5. The molecule has 1 unspecified atom stereocenters. The Hall–Kier alpha value is -3.59. The third-order valence-corrected chi connectivity index (χ3v) is 11.3. The number of rotatable bonds is 5. The molecule has 8 heteroatoms. The summed E-state index contributed by atoms with van der Waals surface area (Å²) in [6, 6.07) is 6.23. The van der Waals surface area contributed by atoms with Crippen molar-refractivity contribution in [2.45, 2.75) is 82.6 Å². The number of phenolic OH excluding ortho intramolecular Hbond substituents is 1. The number of ether oxygens (including phenoxy) is 3. The molecule has 1 saturated heterocycles. The van der Waals surface area contributed by atoms with Gasteiger partial charge in [-0.15, -0.1) is 0 Å². The molecular weight excluding hydrogens is 568 g/mol. The van der Waals surface area contributed by atoms with Crippen molar-refractivity contribution in [1.29, 1.82) is 0 Å². The second-order valence-corrected chi connectivity index (χ2v) is 14.0. The van der Waals surface area contributed by atoms with Crippen LogP contribution in [0.3, 0.4) is 0 Å². The van der Waals surface area contributed by atoms with Crippen LogP contribution in [0.4, 0.5) is 0 Å². The highest BCUT2D eigenvalue weighted by Crippen LogP contribution is 2.63. The molecule has 1 spiro atoms. The number of likely N-dealkylation sites (N-methyl/N-ethyl adjacent to an activating group) is 1. The number of hydrogen-bond donors (Lipinski definition) is 2. The normalized spacial score (nSPS) is 29.0. The maximum Gasteiger partial charge on any atom is 0.338 e. The summed E-state index contributed by atoms with van der Waals surface area (Å²) in [7, 11) is 2.19. The lowest BCUT2D eigenvalue weighted by atomic mass is 9.52. The molecule has 0 saturated carbocycles. The van der Waals surface area contributed by atoms with E-state index < -0.39 is 12.2 Å². The Balaban J connectivity index is 1.35. The van der Waals surface area contributed by atoms with Crippen LogP contribution in [-0.4, -0.2) is 76.6 Å². The van der Waals surface area contributed by atoms with Crippen LogP contribution in [0, 0.1) is 12.8 Å². The molecule has 3 aromatic rings. The van der Waals surface area contributed by atoms with Gasteiger partial charge in [-0.05, 0) is 99.7 Å². The summed E-state index contributed by atoms with van der Waals surface area (Å²) in [4.78, 5) is 15.9. The number of phenols is 1. The lowest BCUT2D eigenvalue weighted by Gasteiger charge is -2.56. The Labute approximate surface area is 263 Å². The largest absolute Gasteiger partial charge is 0.504 e. The van der Waals surface area contributed by atoms with Crippen LogP contribution in [0.25, 0.3) is 11.1 Å². The highest BCUT2D eigenvalue weighted by atomic mass is 16.5. The van der Waals surface area contributed by atoms with E-state index in [-0.39, 0.29) is 41.1 Å². The molecule has 2 N–H and O–H groups in total. The Morgan fingerprint density at radius 1 is 1.18 bits per heavy atom. The summed E-state index contributed by atoms with van der Waals surface area (Å²) in [6.07, 6.45) is 9.53. The average molecular weight is 611 g/mol. The van der Waals surface area contributed by atoms with Gasteiger partial charge in [0.15, 0.2) is 11.5 Å². The van der Waals surface area contributed by atoms with Crippen LogP contribution in [0.15, 0.2) is 42.6 Å². The van der Waals surface area contributed by atoms with Crippen LogP contribution >= 0.6 is 0 Å². The van der Waals surface area contributed by atoms with Gasteiger partial charge in [0.1, 0.15) is 12.2 Å². The first-order chi connectivity index (χ1) is 21.6. The molecule has 2 bridgehead atoms. The van der Waals surface area contributed by atoms with Gasteiger partial charge in [0.05, 0.1) is 24.9 Å². The number of benzene rings is 1. The predicted octanol–water partition coefficient (Wildman–Crippen LogP) is 5.28. The minimum Gasteiger partial charge on any atom is -0.504 e. The highest BCUT2D eigenvalue weighted by Gasteiger charge is 2.64. The van der Waals surface area contributed by atoms with E-state index in [9.17, 15) is 15.0 Å². The Morgan fingerprint density at radius 3 is 2.76 bits per heavy atom. The number of aromatic hydroxyl groups is 1. The van der Waals surface area contributed by atoms with Gasteiger partial charge in [0.2, 0.25) is 0 Å². The number of pyridine rings is 1. The van der Waals surface area contributed by atoms with Gasteiger partial charge in [-0.3, -0.25) is 0 Å². The first kappa shape index (κ1) is 28.9. The fourth-order valence-electron chi connectivity index (χ4n) is 9.25. The second-order valence-electron chi connectivity index (χ2n) is 14.0. The molecule has 0 amide bonds.